The summed E-state index contributed by atoms with van der Waals surface area (Å²) >= 11 is 0. The zero-order valence-electron chi connectivity index (χ0n) is 18.8. The van der Waals surface area contributed by atoms with E-state index in [-0.39, 0.29) is 0 Å². The lowest BCUT2D eigenvalue weighted by molar-refractivity contribution is 0.600. The summed E-state index contributed by atoms with van der Waals surface area (Å²) in [6, 6.07) is 20.1. The third-order valence-electron chi connectivity index (χ3n) is 6.25. The van der Waals surface area contributed by atoms with Gasteiger partial charge in [-0.2, -0.15) is 9.61 Å². The Bertz CT molecular complexity index is 1630. The zero-order valence-corrected chi connectivity index (χ0v) is 19.6. The molecular formula is C26H22N6O2S. The van der Waals surface area contributed by atoms with Crippen LogP contribution in [0.5, 0.6) is 0 Å². The fourth-order valence-corrected chi connectivity index (χ4v) is 5.53. The predicted octanol–water partition coefficient (Wildman–Crippen LogP) is 4.53. The van der Waals surface area contributed by atoms with Gasteiger partial charge < -0.3 is 0 Å². The quantitative estimate of drug-likeness (QED) is 0.395. The van der Waals surface area contributed by atoms with Gasteiger partial charge in [0, 0.05) is 29.2 Å². The Morgan fingerprint density at radius 2 is 1.66 bits per heavy atom. The molecular weight excluding hydrogens is 460 g/mol. The minimum atomic E-state index is -3.67. The Labute approximate surface area is 202 Å². The average molecular weight is 483 g/mol. The minimum Gasteiger partial charge on any atom is -0.280 e. The molecule has 35 heavy (non-hydrogen) atoms. The molecule has 0 aliphatic heterocycles. The lowest BCUT2D eigenvalue weighted by atomic mass is 9.92. The van der Waals surface area contributed by atoms with Crippen molar-refractivity contribution in [1.29, 1.82) is 0 Å². The maximum Gasteiger partial charge on any atom is 0.261 e. The van der Waals surface area contributed by atoms with Gasteiger partial charge in [0.2, 0.25) is 0 Å². The molecule has 1 N–H and O–H groups in total. The Balaban J connectivity index is 1.26. The van der Waals surface area contributed by atoms with E-state index in [4.69, 9.17) is 5.10 Å². The predicted molar refractivity (Wildman–Crippen MR) is 133 cm³/mol. The highest BCUT2D eigenvalue weighted by Gasteiger charge is 2.18. The lowest BCUT2D eigenvalue weighted by Crippen LogP contribution is -2.14. The summed E-state index contributed by atoms with van der Waals surface area (Å²) in [5, 5.41) is 13.1. The molecule has 0 atom stereocenters. The van der Waals surface area contributed by atoms with Crippen LogP contribution in [-0.4, -0.2) is 33.2 Å². The van der Waals surface area contributed by atoms with Crippen molar-refractivity contribution >= 4 is 21.4 Å². The third kappa shape index (κ3) is 4.15. The van der Waals surface area contributed by atoms with Gasteiger partial charge in [0.15, 0.2) is 11.5 Å². The Hall–Kier alpha value is -4.11. The highest BCUT2D eigenvalue weighted by atomic mass is 32.2. The zero-order chi connectivity index (χ0) is 23.8. The van der Waals surface area contributed by atoms with Crippen molar-refractivity contribution in [3.63, 3.8) is 0 Å². The fraction of sp³-hybridized carbons (Fsp3) is 0.154. The maximum absolute atomic E-state index is 13.0. The summed E-state index contributed by atoms with van der Waals surface area (Å²) < 4.78 is 30.3. The summed E-state index contributed by atoms with van der Waals surface area (Å²) in [6.07, 6.45) is 7.63. The van der Waals surface area contributed by atoms with Crippen molar-refractivity contribution in [2.45, 2.75) is 30.6 Å². The molecule has 3 heterocycles. The Morgan fingerprint density at radius 1 is 0.829 bits per heavy atom. The Kier molecular flexibility index (Phi) is 5.26. The molecule has 0 bridgehead atoms. The Morgan fingerprint density at radius 3 is 2.46 bits per heavy atom. The van der Waals surface area contributed by atoms with Crippen LogP contribution in [0.3, 0.4) is 0 Å². The number of sulfonamides is 1. The first kappa shape index (κ1) is 21.4. The molecule has 0 spiro atoms. The molecule has 0 unspecified atom stereocenters. The van der Waals surface area contributed by atoms with Gasteiger partial charge in [-0.1, -0.05) is 18.2 Å². The van der Waals surface area contributed by atoms with Gasteiger partial charge in [-0.25, -0.2) is 8.42 Å². The number of hydrogen-bond acceptors (Lipinski definition) is 6. The number of anilines is 1. The molecule has 9 heteroatoms. The molecule has 0 saturated carbocycles. The number of aryl methyl sites for hydroxylation is 2. The topological polar surface area (TPSA) is 102 Å². The molecule has 5 aromatic rings. The molecule has 0 fully saturated rings. The van der Waals surface area contributed by atoms with Crippen molar-refractivity contribution < 1.29 is 8.42 Å². The first-order valence-corrected chi connectivity index (χ1v) is 12.9. The summed E-state index contributed by atoms with van der Waals surface area (Å²) in [4.78, 5) is 4.44. The van der Waals surface area contributed by atoms with Gasteiger partial charge in [-0.3, -0.25) is 9.71 Å². The molecule has 0 amide bonds. The van der Waals surface area contributed by atoms with Crippen molar-refractivity contribution in [3.8, 4) is 22.6 Å². The third-order valence-corrected chi connectivity index (χ3v) is 7.62. The molecule has 1 aliphatic rings. The van der Waals surface area contributed by atoms with Gasteiger partial charge in [0.25, 0.3) is 10.0 Å². The van der Waals surface area contributed by atoms with Gasteiger partial charge in [0.1, 0.15) is 0 Å². The normalized spacial score (nSPS) is 13.5. The van der Waals surface area contributed by atoms with E-state index in [9.17, 15) is 8.42 Å². The van der Waals surface area contributed by atoms with Crippen LogP contribution in [0.25, 0.3) is 28.3 Å². The highest BCUT2D eigenvalue weighted by molar-refractivity contribution is 7.92. The van der Waals surface area contributed by atoms with E-state index in [0.29, 0.717) is 27.7 Å². The number of benzene rings is 2. The number of rotatable bonds is 5. The second-order valence-electron chi connectivity index (χ2n) is 8.57. The van der Waals surface area contributed by atoms with Crippen LogP contribution in [0, 0.1) is 0 Å². The SMILES string of the molecule is O=S(=O)(Nc1ccc(-c2ccc3nnc(-c4cccnc4)n3n2)cc1)c1ccc2c(c1)CCCC2. The monoisotopic (exact) mass is 482 g/mol. The number of nitrogens with zero attached hydrogens (tertiary/aromatic N) is 5. The number of hydrogen-bond donors (Lipinski definition) is 1. The van der Waals surface area contributed by atoms with E-state index in [1.165, 1.54) is 5.56 Å². The lowest BCUT2D eigenvalue weighted by Gasteiger charge is -2.17. The largest absolute Gasteiger partial charge is 0.280 e. The molecule has 8 nitrogen and oxygen atoms in total. The van der Waals surface area contributed by atoms with Crippen molar-refractivity contribution in [2.24, 2.45) is 0 Å². The van der Waals surface area contributed by atoms with Crippen LogP contribution >= 0.6 is 0 Å². The summed E-state index contributed by atoms with van der Waals surface area (Å²) in [6.45, 7) is 0. The van der Waals surface area contributed by atoms with Gasteiger partial charge in [0.05, 0.1) is 10.6 Å². The fourth-order valence-electron chi connectivity index (χ4n) is 4.42. The van der Waals surface area contributed by atoms with E-state index in [2.05, 4.69) is 19.9 Å². The van der Waals surface area contributed by atoms with Crippen LogP contribution < -0.4 is 4.72 Å². The molecule has 0 saturated heterocycles. The number of fused-ring (bicyclic) bond motifs is 2. The number of nitrogens with one attached hydrogen (secondary N) is 1. The summed E-state index contributed by atoms with van der Waals surface area (Å²) in [7, 11) is -3.67. The van der Waals surface area contributed by atoms with Crippen LogP contribution in [0.15, 0.2) is 84.0 Å². The second-order valence-corrected chi connectivity index (χ2v) is 10.3. The van der Waals surface area contributed by atoms with E-state index in [0.717, 1.165) is 42.4 Å². The standard InChI is InChI=1S/C26H22N6O2S/c33-35(34,23-12-9-18-4-1-2-5-20(18)16-23)31-22-10-7-19(8-11-22)24-13-14-25-28-29-26(32(25)30-24)21-6-3-15-27-17-21/h3,6-17,31H,1-2,4-5H2. The van der Waals surface area contributed by atoms with Crippen LogP contribution in [0.2, 0.25) is 0 Å². The van der Waals surface area contributed by atoms with Gasteiger partial charge in [-0.05, 0) is 85.3 Å². The van der Waals surface area contributed by atoms with E-state index < -0.39 is 10.0 Å². The first-order valence-electron chi connectivity index (χ1n) is 11.4. The van der Waals surface area contributed by atoms with E-state index in [1.807, 2.05) is 48.5 Å². The van der Waals surface area contributed by atoms with Gasteiger partial charge in [-0.15, -0.1) is 10.2 Å². The molecule has 174 valence electrons. The molecule has 6 rings (SSSR count). The highest BCUT2D eigenvalue weighted by Crippen LogP contribution is 2.26. The van der Waals surface area contributed by atoms with Crippen molar-refractivity contribution in [1.82, 2.24) is 24.8 Å². The summed E-state index contributed by atoms with van der Waals surface area (Å²) in [5.74, 6) is 0.601. The number of aromatic nitrogens is 5. The van der Waals surface area contributed by atoms with Crippen LogP contribution in [0.4, 0.5) is 5.69 Å². The number of pyridine rings is 1. The molecule has 1 aliphatic carbocycles. The summed E-state index contributed by atoms with van der Waals surface area (Å²) in [5.41, 5.74) is 5.88. The van der Waals surface area contributed by atoms with Crippen molar-refractivity contribution in [3.05, 3.63) is 90.3 Å². The first-order chi connectivity index (χ1) is 17.1. The van der Waals surface area contributed by atoms with E-state index in [1.54, 1.807) is 35.1 Å². The molecule has 0 radical (unpaired) electrons. The smallest absolute Gasteiger partial charge is 0.261 e. The van der Waals surface area contributed by atoms with E-state index >= 15 is 0 Å². The van der Waals surface area contributed by atoms with Gasteiger partial charge >= 0.3 is 0 Å². The minimum absolute atomic E-state index is 0.296. The van der Waals surface area contributed by atoms with Crippen molar-refractivity contribution in [2.75, 3.05) is 4.72 Å². The second kappa shape index (κ2) is 8.59. The molecule has 2 aromatic carbocycles. The van der Waals surface area contributed by atoms with Crippen LogP contribution in [-0.2, 0) is 22.9 Å². The maximum atomic E-state index is 13.0. The average Bonchev–Trinajstić information content (AvgIpc) is 3.32. The molecule has 3 aromatic heterocycles. The van der Waals surface area contributed by atoms with Crippen LogP contribution in [0.1, 0.15) is 24.0 Å².